The van der Waals surface area contributed by atoms with Crippen LogP contribution in [0.4, 0.5) is 11.5 Å². The van der Waals surface area contributed by atoms with E-state index in [1.54, 1.807) is 0 Å². The Balaban J connectivity index is 1.93. The summed E-state index contributed by atoms with van der Waals surface area (Å²) in [6.07, 6.45) is 0.929. The smallest absolute Gasteiger partial charge is 0.275 e. The Bertz CT molecular complexity index is 675. The van der Waals surface area contributed by atoms with Gasteiger partial charge in [0.25, 0.3) is 5.69 Å². The van der Waals surface area contributed by atoms with Crippen LogP contribution in [0.1, 0.15) is 11.1 Å². The maximum atomic E-state index is 10.9. The van der Waals surface area contributed by atoms with Crippen LogP contribution < -0.4 is 4.90 Å². The molecule has 0 bridgehead atoms. The lowest BCUT2D eigenvalue weighted by Gasteiger charge is -2.29. The second-order valence-corrected chi connectivity index (χ2v) is 5.52. The van der Waals surface area contributed by atoms with Crippen molar-refractivity contribution in [1.82, 2.24) is 4.98 Å². The predicted molar refractivity (Wildman–Crippen MR) is 79.8 cm³/mol. The summed E-state index contributed by atoms with van der Waals surface area (Å²) >= 11 is 3.24. The average molecular weight is 334 g/mol. The Morgan fingerprint density at radius 1 is 1.25 bits per heavy atom. The van der Waals surface area contributed by atoms with Crippen LogP contribution in [-0.4, -0.2) is 16.5 Å². The van der Waals surface area contributed by atoms with E-state index in [0.29, 0.717) is 10.4 Å². The van der Waals surface area contributed by atoms with Crippen LogP contribution in [0, 0.1) is 10.1 Å². The van der Waals surface area contributed by atoms with Crippen LogP contribution in [-0.2, 0) is 13.0 Å². The maximum absolute atomic E-state index is 10.9. The summed E-state index contributed by atoms with van der Waals surface area (Å²) in [4.78, 5) is 17.0. The van der Waals surface area contributed by atoms with Gasteiger partial charge in [0.15, 0.2) is 0 Å². The first-order chi connectivity index (χ1) is 9.63. The molecule has 0 radical (unpaired) electrons. The molecule has 1 aromatic carbocycles. The van der Waals surface area contributed by atoms with Crippen molar-refractivity contribution in [2.45, 2.75) is 13.0 Å². The van der Waals surface area contributed by atoms with Crippen molar-refractivity contribution in [3.63, 3.8) is 0 Å². The molecule has 5 nitrogen and oxygen atoms in total. The summed E-state index contributed by atoms with van der Waals surface area (Å²) in [6, 6.07) is 11.2. The van der Waals surface area contributed by atoms with Gasteiger partial charge in [-0.1, -0.05) is 24.3 Å². The van der Waals surface area contributed by atoms with Crippen molar-refractivity contribution >= 4 is 27.4 Å². The third kappa shape index (κ3) is 2.51. The van der Waals surface area contributed by atoms with E-state index in [2.05, 4.69) is 37.9 Å². The van der Waals surface area contributed by atoms with Gasteiger partial charge in [-0.3, -0.25) is 10.1 Å². The van der Waals surface area contributed by atoms with Gasteiger partial charge in [-0.05, 0) is 33.5 Å². The van der Waals surface area contributed by atoms with E-state index in [9.17, 15) is 10.1 Å². The molecule has 2 aromatic rings. The monoisotopic (exact) mass is 333 g/mol. The molecule has 0 aliphatic carbocycles. The molecule has 0 N–H and O–H groups in total. The number of benzene rings is 1. The molecule has 20 heavy (non-hydrogen) atoms. The minimum atomic E-state index is -0.395. The van der Waals surface area contributed by atoms with Gasteiger partial charge in [0.2, 0.25) is 0 Å². The molecule has 1 aromatic heterocycles. The molecule has 0 atom stereocenters. The molecule has 3 rings (SSSR count). The van der Waals surface area contributed by atoms with Gasteiger partial charge in [-0.15, -0.1) is 0 Å². The largest absolute Gasteiger partial charge is 0.352 e. The first-order valence-electron chi connectivity index (χ1n) is 6.27. The minimum absolute atomic E-state index is 0.0562. The van der Waals surface area contributed by atoms with Gasteiger partial charge in [0, 0.05) is 19.2 Å². The number of nitrogens with zero attached hydrogens (tertiary/aromatic N) is 3. The Morgan fingerprint density at radius 3 is 2.75 bits per heavy atom. The highest BCUT2D eigenvalue weighted by Gasteiger charge is 2.19. The summed E-state index contributed by atoms with van der Waals surface area (Å²) in [7, 11) is 0. The van der Waals surface area contributed by atoms with E-state index < -0.39 is 4.92 Å². The fraction of sp³-hybridized carbons (Fsp3) is 0.214. The second kappa shape index (κ2) is 5.20. The van der Waals surface area contributed by atoms with Crippen molar-refractivity contribution in [2.75, 3.05) is 11.4 Å². The molecule has 102 valence electrons. The summed E-state index contributed by atoms with van der Waals surface area (Å²) in [5, 5.41) is 10.9. The first kappa shape index (κ1) is 13.1. The number of fused-ring (bicyclic) bond motifs is 1. The highest BCUT2D eigenvalue weighted by Crippen LogP contribution is 2.27. The van der Waals surface area contributed by atoms with Crippen molar-refractivity contribution in [1.29, 1.82) is 0 Å². The van der Waals surface area contributed by atoms with Gasteiger partial charge >= 0.3 is 0 Å². The van der Waals surface area contributed by atoms with Gasteiger partial charge < -0.3 is 4.90 Å². The molecular weight excluding hydrogens is 322 g/mol. The second-order valence-electron chi connectivity index (χ2n) is 4.70. The Morgan fingerprint density at radius 2 is 2.00 bits per heavy atom. The molecule has 2 heterocycles. The molecule has 0 saturated heterocycles. The van der Waals surface area contributed by atoms with Gasteiger partial charge in [0.05, 0.1) is 11.0 Å². The third-order valence-corrected chi connectivity index (χ3v) is 3.84. The lowest BCUT2D eigenvalue weighted by molar-refractivity contribution is -0.384. The van der Waals surface area contributed by atoms with Gasteiger partial charge in [-0.25, -0.2) is 4.98 Å². The molecule has 0 spiro atoms. The van der Waals surface area contributed by atoms with Crippen LogP contribution in [0.15, 0.2) is 41.0 Å². The van der Waals surface area contributed by atoms with Crippen LogP contribution in [0.3, 0.4) is 0 Å². The fourth-order valence-corrected chi connectivity index (χ4v) is 2.84. The van der Waals surface area contributed by atoms with Crippen molar-refractivity contribution in [3.8, 4) is 0 Å². The van der Waals surface area contributed by atoms with E-state index >= 15 is 0 Å². The Hall–Kier alpha value is -1.95. The summed E-state index contributed by atoms with van der Waals surface area (Å²) in [5.74, 6) is 0.639. The number of aromatic nitrogens is 1. The van der Waals surface area contributed by atoms with E-state index in [4.69, 9.17) is 0 Å². The molecule has 1 aliphatic heterocycles. The number of hydrogen-bond acceptors (Lipinski definition) is 4. The molecular formula is C14H12BrN3O2. The Kier molecular flexibility index (Phi) is 3.40. The minimum Gasteiger partial charge on any atom is -0.352 e. The first-order valence-corrected chi connectivity index (χ1v) is 7.06. The third-order valence-electron chi connectivity index (χ3n) is 3.43. The zero-order valence-electron chi connectivity index (χ0n) is 10.6. The molecule has 0 fully saturated rings. The van der Waals surface area contributed by atoms with Crippen molar-refractivity contribution in [2.24, 2.45) is 0 Å². The normalized spacial score (nSPS) is 13.9. The van der Waals surface area contributed by atoms with Crippen LogP contribution in [0.2, 0.25) is 0 Å². The van der Waals surface area contributed by atoms with Crippen LogP contribution in [0.25, 0.3) is 0 Å². The SMILES string of the molecule is O=[N+]([O-])c1cc(Br)nc(N2CCc3ccccc3C2)c1. The number of hydrogen-bond donors (Lipinski definition) is 0. The zero-order chi connectivity index (χ0) is 14.1. The molecule has 0 unspecified atom stereocenters. The Labute approximate surface area is 124 Å². The number of nitro groups is 1. The lowest BCUT2D eigenvalue weighted by Crippen LogP contribution is -2.31. The molecule has 1 aliphatic rings. The average Bonchev–Trinajstić information content (AvgIpc) is 2.46. The number of anilines is 1. The molecule has 6 heteroatoms. The lowest BCUT2D eigenvalue weighted by atomic mass is 10.00. The predicted octanol–water partition coefficient (Wildman–Crippen LogP) is 3.32. The summed E-state index contributed by atoms with van der Waals surface area (Å²) in [5.41, 5.74) is 2.65. The number of rotatable bonds is 2. The fourth-order valence-electron chi connectivity index (χ4n) is 2.43. The molecule has 0 saturated carbocycles. The van der Waals surface area contributed by atoms with Crippen molar-refractivity contribution in [3.05, 3.63) is 62.2 Å². The van der Waals surface area contributed by atoms with E-state index in [1.807, 2.05) is 12.1 Å². The highest BCUT2D eigenvalue weighted by atomic mass is 79.9. The number of halogens is 1. The summed E-state index contributed by atoms with van der Waals surface area (Å²) in [6.45, 7) is 1.55. The van der Waals surface area contributed by atoms with Gasteiger partial charge in [-0.2, -0.15) is 0 Å². The highest BCUT2D eigenvalue weighted by molar-refractivity contribution is 9.10. The zero-order valence-corrected chi connectivity index (χ0v) is 12.2. The standard InChI is InChI=1S/C14H12BrN3O2/c15-13-7-12(18(19)20)8-14(16-13)17-6-5-10-3-1-2-4-11(10)9-17/h1-4,7-8H,5-6,9H2. The van der Waals surface area contributed by atoms with Crippen molar-refractivity contribution < 1.29 is 4.92 Å². The molecule has 0 amide bonds. The van der Waals surface area contributed by atoms with E-state index in [-0.39, 0.29) is 5.69 Å². The van der Waals surface area contributed by atoms with E-state index in [1.165, 1.54) is 23.3 Å². The maximum Gasteiger partial charge on any atom is 0.275 e. The quantitative estimate of drug-likeness (QED) is 0.480. The topological polar surface area (TPSA) is 59.3 Å². The summed E-state index contributed by atoms with van der Waals surface area (Å²) < 4.78 is 0.487. The van der Waals surface area contributed by atoms with Crippen LogP contribution >= 0.6 is 15.9 Å². The number of pyridine rings is 1. The van der Waals surface area contributed by atoms with Gasteiger partial charge in [0.1, 0.15) is 10.4 Å². The van der Waals surface area contributed by atoms with E-state index in [0.717, 1.165) is 19.5 Å². The van der Waals surface area contributed by atoms with Crippen LogP contribution in [0.5, 0.6) is 0 Å².